The van der Waals surface area contributed by atoms with E-state index in [0.717, 1.165) is 25.7 Å². The van der Waals surface area contributed by atoms with Gasteiger partial charge in [-0.25, -0.2) is 4.79 Å². The highest BCUT2D eigenvalue weighted by atomic mass is 16.5. The Morgan fingerprint density at radius 2 is 1.77 bits per heavy atom. The topological polar surface area (TPSA) is 75.6 Å². The fourth-order valence-electron chi connectivity index (χ4n) is 1.88. The summed E-state index contributed by atoms with van der Waals surface area (Å²) in [5.74, 6) is -0.582. The van der Waals surface area contributed by atoms with Crippen LogP contribution in [0.3, 0.4) is 0 Å². The number of benzene rings is 1. The number of unbranched alkanes of at least 4 members (excludes halogenated alkanes) is 3. The molecule has 0 fully saturated rings. The molecule has 1 aromatic carbocycles. The molecule has 22 heavy (non-hydrogen) atoms. The van der Waals surface area contributed by atoms with Crippen molar-refractivity contribution in [3.05, 3.63) is 24.3 Å². The molecule has 122 valence electrons. The van der Waals surface area contributed by atoms with Crippen LogP contribution in [0.1, 0.15) is 52.9 Å². The summed E-state index contributed by atoms with van der Waals surface area (Å²) in [5.41, 5.74) is -0.606. The van der Waals surface area contributed by atoms with Gasteiger partial charge in [0.05, 0.1) is 0 Å². The zero-order valence-corrected chi connectivity index (χ0v) is 13.5. The van der Waals surface area contributed by atoms with Crippen molar-refractivity contribution in [1.82, 2.24) is 0 Å². The standard InChI is InChI=1S/C17H25NO4/c1-4-5-6-7-8-15(19)18-13-9-11-14(12-10-13)22-17(2,3)16(20)21/h9-12H,4-8H2,1-3H3,(H,18,19)(H,20,21). The Morgan fingerprint density at radius 1 is 1.14 bits per heavy atom. The molecule has 0 spiro atoms. The summed E-state index contributed by atoms with van der Waals surface area (Å²) in [7, 11) is 0. The quantitative estimate of drug-likeness (QED) is 0.680. The second-order valence-electron chi connectivity index (χ2n) is 5.80. The van der Waals surface area contributed by atoms with Gasteiger partial charge in [0.1, 0.15) is 5.75 Å². The van der Waals surface area contributed by atoms with Crippen LogP contribution in [0.15, 0.2) is 24.3 Å². The number of ether oxygens (including phenoxy) is 1. The summed E-state index contributed by atoms with van der Waals surface area (Å²) < 4.78 is 5.40. The summed E-state index contributed by atoms with van der Waals surface area (Å²) in [6.45, 7) is 5.11. The minimum atomic E-state index is -1.29. The summed E-state index contributed by atoms with van der Waals surface area (Å²) in [6, 6.07) is 6.71. The summed E-state index contributed by atoms with van der Waals surface area (Å²) >= 11 is 0. The van der Waals surface area contributed by atoms with E-state index in [4.69, 9.17) is 9.84 Å². The normalized spacial score (nSPS) is 11.0. The van der Waals surface area contributed by atoms with Crippen LogP contribution < -0.4 is 10.1 Å². The zero-order chi connectivity index (χ0) is 16.6. The van der Waals surface area contributed by atoms with Crippen molar-refractivity contribution in [1.29, 1.82) is 0 Å². The minimum absolute atomic E-state index is 0.00404. The van der Waals surface area contributed by atoms with Crippen LogP contribution >= 0.6 is 0 Å². The Balaban J connectivity index is 2.48. The first kappa shape index (κ1) is 18.0. The van der Waals surface area contributed by atoms with Crippen LogP contribution in [-0.2, 0) is 9.59 Å². The Hall–Kier alpha value is -2.04. The lowest BCUT2D eigenvalue weighted by molar-refractivity contribution is -0.152. The number of rotatable bonds is 9. The number of anilines is 1. The summed E-state index contributed by atoms with van der Waals surface area (Å²) in [5, 5.41) is 11.8. The first-order chi connectivity index (χ1) is 10.3. The van der Waals surface area contributed by atoms with Gasteiger partial charge in [0.15, 0.2) is 5.60 Å². The number of carbonyl (C=O) groups excluding carboxylic acids is 1. The summed E-state index contributed by atoms with van der Waals surface area (Å²) in [6.07, 6.45) is 4.79. The van der Waals surface area contributed by atoms with Gasteiger partial charge in [-0.2, -0.15) is 0 Å². The van der Waals surface area contributed by atoms with Gasteiger partial charge in [-0.15, -0.1) is 0 Å². The lowest BCUT2D eigenvalue weighted by Crippen LogP contribution is -2.37. The van der Waals surface area contributed by atoms with E-state index in [1.54, 1.807) is 24.3 Å². The van der Waals surface area contributed by atoms with Gasteiger partial charge in [-0.05, 0) is 44.5 Å². The van der Waals surface area contributed by atoms with Crippen molar-refractivity contribution in [2.75, 3.05) is 5.32 Å². The number of amides is 1. The maximum atomic E-state index is 11.8. The Kier molecular flexibility index (Phi) is 6.89. The monoisotopic (exact) mass is 307 g/mol. The third-order valence-corrected chi connectivity index (χ3v) is 3.28. The lowest BCUT2D eigenvalue weighted by Gasteiger charge is -2.21. The van der Waals surface area contributed by atoms with Crippen molar-refractivity contribution in [3.63, 3.8) is 0 Å². The number of hydrogen-bond acceptors (Lipinski definition) is 3. The molecule has 0 aromatic heterocycles. The average molecular weight is 307 g/mol. The second kappa shape index (κ2) is 8.41. The van der Waals surface area contributed by atoms with Gasteiger partial charge in [0, 0.05) is 12.1 Å². The molecule has 5 nitrogen and oxygen atoms in total. The predicted octanol–water partition coefficient (Wildman–Crippen LogP) is 3.84. The van der Waals surface area contributed by atoms with E-state index in [1.807, 2.05) is 0 Å². The van der Waals surface area contributed by atoms with Crippen molar-refractivity contribution in [2.45, 2.75) is 58.5 Å². The van der Waals surface area contributed by atoms with E-state index in [-0.39, 0.29) is 5.91 Å². The molecule has 0 aliphatic heterocycles. The van der Waals surface area contributed by atoms with Crippen molar-refractivity contribution in [3.8, 4) is 5.75 Å². The smallest absolute Gasteiger partial charge is 0.347 e. The van der Waals surface area contributed by atoms with Crippen LogP contribution in [-0.4, -0.2) is 22.6 Å². The molecule has 5 heteroatoms. The van der Waals surface area contributed by atoms with Gasteiger partial charge in [-0.1, -0.05) is 26.2 Å². The molecular formula is C17H25NO4. The van der Waals surface area contributed by atoms with E-state index in [0.29, 0.717) is 17.9 Å². The van der Waals surface area contributed by atoms with Gasteiger partial charge < -0.3 is 15.2 Å². The lowest BCUT2D eigenvalue weighted by atomic mass is 10.1. The molecular weight excluding hydrogens is 282 g/mol. The fraction of sp³-hybridized carbons (Fsp3) is 0.529. The van der Waals surface area contributed by atoms with Crippen molar-refractivity contribution < 1.29 is 19.4 Å². The van der Waals surface area contributed by atoms with Crippen molar-refractivity contribution >= 4 is 17.6 Å². The third kappa shape index (κ3) is 6.16. The molecule has 0 radical (unpaired) electrons. The number of carboxylic acids is 1. The van der Waals surface area contributed by atoms with Crippen LogP contribution in [0, 0.1) is 0 Å². The Labute approximate surface area is 131 Å². The molecule has 0 unspecified atom stereocenters. The fourth-order valence-corrected chi connectivity index (χ4v) is 1.88. The van der Waals surface area contributed by atoms with Gasteiger partial charge in [-0.3, -0.25) is 4.79 Å². The first-order valence-corrected chi connectivity index (χ1v) is 7.67. The zero-order valence-electron chi connectivity index (χ0n) is 13.5. The van der Waals surface area contributed by atoms with E-state index in [9.17, 15) is 9.59 Å². The average Bonchev–Trinajstić information content (AvgIpc) is 2.45. The van der Waals surface area contributed by atoms with Gasteiger partial charge in [0.2, 0.25) is 5.91 Å². The molecule has 0 heterocycles. The van der Waals surface area contributed by atoms with Crippen LogP contribution in [0.25, 0.3) is 0 Å². The number of carbonyl (C=O) groups is 2. The molecule has 1 aromatic rings. The third-order valence-electron chi connectivity index (χ3n) is 3.28. The van der Waals surface area contributed by atoms with Crippen LogP contribution in [0.2, 0.25) is 0 Å². The predicted molar refractivity (Wildman–Crippen MR) is 86.2 cm³/mol. The minimum Gasteiger partial charge on any atom is -0.478 e. The van der Waals surface area contributed by atoms with E-state index < -0.39 is 11.6 Å². The number of aliphatic carboxylic acids is 1. The number of nitrogens with one attached hydrogen (secondary N) is 1. The largest absolute Gasteiger partial charge is 0.478 e. The molecule has 0 aliphatic rings. The first-order valence-electron chi connectivity index (χ1n) is 7.67. The maximum Gasteiger partial charge on any atom is 0.347 e. The molecule has 0 atom stereocenters. The Bertz CT molecular complexity index is 494. The number of hydrogen-bond donors (Lipinski definition) is 2. The molecule has 1 amide bonds. The molecule has 1 rings (SSSR count). The number of carboxylic acid groups (broad SMARTS) is 1. The molecule has 0 bridgehead atoms. The highest BCUT2D eigenvalue weighted by Crippen LogP contribution is 2.21. The maximum absolute atomic E-state index is 11.8. The van der Waals surface area contributed by atoms with Crippen LogP contribution in [0.4, 0.5) is 5.69 Å². The second-order valence-corrected chi connectivity index (χ2v) is 5.80. The molecule has 0 aliphatic carbocycles. The Morgan fingerprint density at radius 3 is 2.32 bits per heavy atom. The molecule has 0 saturated carbocycles. The molecule has 0 saturated heterocycles. The van der Waals surface area contributed by atoms with Crippen molar-refractivity contribution in [2.24, 2.45) is 0 Å². The van der Waals surface area contributed by atoms with Crippen LogP contribution in [0.5, 0.6) is 5.75 Å². The SMILES string of the molecule is CCCCCCC(=O)Nc1ccc(OC(C)(C)C(=O)O)cc1. The van der Waals surface area contributed by atoms with Gasteiger partial charge >= 0.3 is 5.97 Å². The van der Waals surface area contributed by atoms with E-state index in [1.165, 1.54) is 13.8 Å². The molecule has 2 N–H and O–H groups in total. The summed E-state index contributed by atoms with van der Waals surface area (Å²) in [4.78, 5) is 22.8. The highest BCUT2D eigenvalue weighted by Gasteiger charge is 2.29. The van der Waals surface area contributed by atoms with Gasteiger partial charge in [0.25, 0.3) is 0 Å². The van der Waals surface area contributed by atoms with E-state index >= 15 is 0 Å². The van der Waals surface area contributed by atoms with E-state index in [2.05, 4.69) is 12.2 Å². The highest BCUT2D eigenvalue weighted by molar-refractivity contribution is 5.90.